The average Bonchev–Trinajstić information content (AvgIpc) is 2.97. The molecule has 2 N–H and O–H groups in total. The normalized spacial score (nSPS) is 20.9. The highest BCUT2D eigenvalue weighted by Gasteiger charge is 2.39. The number of amides is 1. The van der Waals surface area contributed by atoms with Gasteiger partial charge in [-0.25, -0.2) is 13.4 Å². The summed E-state index contributed by atoms with van der Waals surface area (Å²) in [4.78, 5) is 16.1. The van der Waals surface area contributed by atoms with Crippen LogP contribution in [-0.4, -0.2) is 40.6 Å². The van der Waals surface area contributed by atoms with Crippen molar-refractivity contribution in [2.45, 2.75) is 30.3 Å². The minimum absolute atomic E-state index is 0.0874. The van der Waals surface area contributed by atoms with Gasteiger partial charge < -0.3 is 5.73 Å². The molecule has 0 aromatic carbocycles. The number of imidazole rings is 1. The Bertz CT molecular complexity index is 798. The van der Waals surface area contributed by atoms with Gasteiger partial charge in [0.15, 0.2) is 15.1 Å². The number of hydrogen-bond donors (Lipinski definition) is 1. The van der Waals surface area contributed by atoms with Gasteiger partial charge in [-0.3, -0.25) is 9.20 Å². The predicted octanol–water partition coefficient (Wildman–Crippen LogP) is 1.08. The van der Waals surface area contributed by atoms with Gasteiger partial charge in [-0.15, -0.1) is 11.3 Å². The third kappa shape index (κ3) is 2.33. The predicted molar refractivity (Wildman–Crippen MR) is 78.8 cm³/mol. The fraction of sp³-hybridized carbons (Fsp3) is 0.455. The molecule has 2 aromatic rings. The summed E-state index contributed by atoms with van der Waals surface area (Å²) < 4.78 is 28.3. The fourth-order valence-electron chi connectivity index (χ4n) is 2.56. The molecule has 1 saturated heterocycles. The van der Waals surface area contributed by atoms with E-state index in [0.717, 1.165) is 10.7 Å². The highest BCUT2D eigenvalue weighted by atomic mass is 35.5. The number of halogens is 1. The van der Waals surface area contributed by atoms with Crippen LogP contribution < -0.4 is 5.73 Å². The van der Waals surface area contributed by atoms with Crippen molar-refractivity contribution in [3.05, 3.63) is 16.7 Å². The van der Waals surface area contributed by atoms with Crippen LogP contribution >= 0.6 is 22.9 Å². The molecule has 10 heteroatoms. The van der Waals surface area contributed by atoms with E-state index in [2.05, 4.69) is 4.98 Å². The summed E-state index contributed by atoms with van der Waals surface area (Å²) in [7, 11) is -3.93. The Morgan fingerprint density at radius 1 is 1.48 bits per heavy atom. The zero-order valence-corrected chi connectivity index (χ0v) is 13.3. The van der Waals surface area contributed by atoms with Crippen molar-refractivity contribution in [1.82, 2.24) is 13.7 Å². The number of primary amides is 1. The van der Waals surface area contributed by atoms with Crippen LogP contribution in [0.3, 0.4) is 0 Å². The van der Waals surface area contributed by atoms with Gasteiger partial charge in [-0.1, -0.05) is 18.0 Å². The number of fused-ring (bicyclic) bond motifs is 1. The second-order valence-corrected chi connectivity index (χ2v) is 7.83. The number of sulfonamides is 1. The highest BCUT2D eigenvalue weighted by Crippen LogP contribution is 2.31. The van der Waals surface area contributed by atoms with E-state index in [0.29, 0.717) is 17.8 Å². The molecule has 7 nitrogen and oxygen atoms in total. The molecule has 21 heavy (non-hydrogen) atoms. The van der Waals surface area contributed by atoms with Gasteiger partial charge in [0.25, 0.3) is 10.0 Å². The zero-order chi connectivity index (χ0) is 15.2. The summed E-state index contributed by atoms with van der Waals surface area (Å²) in [5.41, 5.74) is 5.34. The minimum Gasteiger partial charge on any atom is -0.368 e. The topological polar surface area (TPSA) is 97.8 Å². The van der Waals surface area contributed by atoms with Crippen molar-refractivity contribution in [2.24, 2.45) is 5.73 Å². The van der Waals surface area contributed by atoms with Crippen molar-refractivity contribution in [3.63, 3.8) is 0 Å². The van der Waals surface area contributed by atoms with Gasteiger partial charge in [0.2, 0.25) is 5.91 Å². The fourth-order valence-corrected chi connectivity index (χ4v) is 5.63. The first-order valence-corrected chi connectivity index (χ1v) is 9.05. The third-order valence-electron chi connectivity index (χ3n) is 3.51. The molecule has 1 aliphatic rings. The maximum atomic E-state index is 12.9. The van der Waals surface area contributed by atoms with E-state index in [1.54, 1.807) is 11.6 Å². The van der Waals surface area contributed by atoms with Gasteiger partial charge in [0, 0.05) is 18.1 Å². The van der Waals surface area contributed by atoms with Crippen molar-refractivity contribution >= 4 is 43.8 Å². The largest absolute Gasteiger partial charge is 0.368 e. The molecule has 0 bridgehead atoms. The molecule has 114 valence electrons. The van der Waals surface area contributed by atoms with Crippen LogP contribution in [0.2, 0.25) is 5.15 Å². The second kappa shape index (κ2) is 5.24. The number of piperidine rings is 1. The average molecular weight is 349 g/mol. The lowest BCUT2D eigenvalue weighted by atomic mass is 10.0. The smallest absolute Gasteiger partial charge is 0.263 e. The van der Waals surface area contributed by atoms with Crippen LogP contribution in [0.5, 0.6) is 0 Å². The lowest BCUT2D eigenvalue weighted by molar-refractivity contribution is -0.122. The quantitative estimate of drug-likeness (QED) is 0.897. The summed E-state index contributed by atoms with van der Waals surface area (Å²) in [6, 6.07) is -0.830. The second-order valence-electron chi connectivity index (χ2n) is 4.79. The molecule has 1 atom stereocenters. The standard InChI is InChI=1S/C11H13ClN4O3S2/c12-8-10(15-5-6-20-11(15)14-8)21(18,19)16-4-2-1-3-7(16)9(13)17/h5-7H,1-4H2,(H2,13,17). The number of carbonyl (C=O) groups is 1. The summed E-state index contributed by atoms with van der Waals surface area (Å²) in [6.07, 6.45) is 3.48. The molecule has 1 amide bonds. The Kier molecular flexibility index (Phi) is 3.68. The Balaban J connectivity index is 2.13. The number of carbonyl (C=O) groups excluding carboxylic acids is 1. The van der Waals surface area contributed by atoms with Crippen LogP contribution in [0.1, 0.15) is 19.3 Å². The highest BCUT2D eigenvalue weighted by molar-refractivity contribution is 7.89. The molecule has 0 radical (unpaired) electrons. The first kappa shape index (κ1) is 14.8. The van der Waals surface area contributed by atoms with Crippen molar-refractivity contribution in [3.8, 4) is 0 Å². The van der Waals surface area contributed by atoms with Crippen LogP contribution in [0.25, 0.3) is 4.96 Å². The van der Waals surface area contributed by atoms with Crippen LogP contribution in [0.15, 0.2) is 16.6 Å². The number of nitrogens with zero attached hydrogens (tertiary/aromatic N) is 3. The minimum atomic E-state index is -3.93. The summed E-state index contributed by atoms with van der Waals surface area (Å²) in [5, 5.41) is 1.53. The Morgan fingerprint density at radius 2 is 2.24 bits per heavy atom. The first-order valence-electron chi connectivity index (χ1n) is 6.35. The molecule has 3 heterocycles. The third-order valence-corrected chi connectivity index (χ3v) is 6.58. The van der Waals surface area contributed by atoms with Crippen molar-refractivity contribution in [1.29, 1.82) is 0 Å². The molecule has 2 aromatic heterocycles. The lowest BCUT2D eigenvalue weighted by Crippen LogP contribution is -2.50. The maximum absolute atomic E-state index is 12.9. The summed E-state index contributed by atoms with van der Waals surface area (Å²) in [6.45, 7) is 0.254. The number of rotatable bonds is 3. The first-order chi connectivity index (χ1) is 9.93. The maximum Gasteiger partial charge on any atom is 0.263 e. The van der Waals surface area contributed by atoms with E-state index in [4.69, 9.17) is 17.3 Å². The molecule has 1 fully saturated rings. The SMILES string of the molecule is NC(=O)C1CCCCN1S(=O)(=O)c1c(Cl)nc2sccn12. The monoisotopic (exact) mass is 348 g/mol. The van der Waals surface area contributed by atoms with Crippen molar-refractivity contribution in [2.75, 3.05) is 6.54 Å². The van der Waals surface area contributed by atoms with Gasteiger partial charge >= 0.3 is 0 Å². The molecule has 0 saturated carbocycles. The van der Waals surface area contributed by atoms with E-state index in [-0.39, 0.29) is 16.7 Å². The van der Waals surface area contributed by atoms with E-state index in [9.17, 15) is 13.2 Å². The molecule has 0 aliphatic carbocycles. The van der Waals surface area contributed by atoms with Gasteiger partial charge in [0.1, 0.15) is 6.04 Å². The van der Waals surface area contributed by atoms with Crippen molar-refractivity contribution < 1.29 is 13.2 Å². The Labute approximate surface area is 130 Å². The van der Waals surface area contributed by atoms with E-state index in [1.807, 2.05) is 0 Å². The Morgan fingerprint density at radius 3 is 2.95 bits per heavy atom. The summed E-state index contributed by atoms with van der Waals surface area (Å²) >= 11 is 7.28. The molecular weight excluding hydrogens is 336 g/mol. The molecule has 1 unspecified atom stereocenters. The number of aromatic nitrogens is 2. The number of nitrogens with two attached hydrogens (primary N) is 1. The number of hydrogen-bond acceptors (Lipinski definition) is 5. The van der Waals surface area contributed by atoms with Crippen LogP contribution in [0.4, 0.5) is 0 Å². The summed E-state index contributed by atoms with van der Waals surface area (Å²) in [5.74, 6) is -0.638. The zero-order valence-electron chi connectivity index (χ0n) is 10.9. The Hall–Kier alpha value is -1.16. The molecule has 3 rings (SSSR count). The van der Waals surface area contributed by atoms with Crippen LogP contribution in [-0.2, 0) is 14.8 Å². The van der Waals surface area contributed by atoms with E-state index >= 15 is 0 Å². The lowest BCUT2D eigenvalue weighted by Gasteiger charge is -2.32. The van der Waals surface area contributed by atoms with Gasteiger partial charge in [-0.2, -0.15) is 4.31 Å². The van der Waals surface area contributed by atoms with Gasteiger partial charge in [-0.05, 0) is 12.8 Å². The molecule has 0 spiro atoms. The molecular formula is C11H13ClN4O3S2. The van der Waals surface area contributed by atoms with E-state index in [1.165, 1.54) is 15.7 Å². The van der Waals surface area contributed by atoms with Crippen LogP contribution in [0, 0.1) is 0 Å². The molecule has 1 aliphatic heterocycles. The number of thiazole rings is 1. The van der Waals surface area contributed by atoms with Gasteiger partial charge in [0.05, 0.1) is 0 Å². The van der Waals surface area contributed by atoms with E-state index < -0.39 is 22.0 Å².